The molecule has 2 aromatic rings. The molecule has 0 saturated heterocycles. The third-order valence-electron chi connectivity index (χ3n) is 1.72. The van der Waals surface area contributed by atoms with Crippen molar-refractivity contribution in [2.45, 2.75) is 13.3 Å². The van der Waals surface area contributed by atoms with Gasteiger partial charge in [-0.2, -0.15) is 0 Å². The molecule has 2 rings (SSSR count). The molecule has 12 heavy (non-hydrogen) atoms. The fourth-order valence-corrected chi connectivity index (χ4v) is 1.81. The summed E-state index contributed by atoms with van der Waals surface area (Å²) < 4.78 is 1.56. The van der Waals surface area contributed by atoms with Crippen molar-refractivity contribution in [3.05, 3.63) is 33.7 Å². The molecule has 2 heterocycles. The number of hydrogen-bond acceptors (Lipinski definition) is 3. The minimum Gasteiger partial charge on any atom is -0.269 e. The third kappa shape index (κ3) is 1.04. The van der Waals surface area contributed by atoms with Crippen LogP contribution in [0.3, 0.4) is 0 Å². The summed E-state index contributed by atoms with van der Waals surface area (Å²) in [6.45, 7) is 1.99. The van der Waals surface area contributed by atoms with Crippen LogP contribution in [-0.2, 0) is 6.42 Å². The summed E-state index contributed by atoms with van der Waals surface area (Å²) in [4.78, 5) is 16.4. The normalized spacial score (nSPS) is 10.8. The van der Waals surface area contributed by atoms with Crippen molar-refractivity contribution in [3.63, 3.8) is 0 Å². The summed E-state index contributed by atoms with van der Waals surface area (Å²) in [7, 11) is 0. The van der Waals surface area contributed by atoms with Gasteiger partial charge in [0.2, 0.25) is 0 Å². The minimum absolute atomic E-state index is 0.0121. The van der Waals surface area contributed by atoms with Gasteiger partial charge in [-0.05, 0) is 6.42 Å². The first-order chi connectivity index (χ1) is 5.81. The van der Waals surface area contributed by atoms with Crippen molar-refractivity contribution in [2.75, 3.05) is 0 Å². The largest absolute Gasteiger partial charge is 0.269 e. The van der Waals surface area contributed by atoms with Gasteiger partial charge in [-0.3, -0.25) is 9.20 Å². The van der Waals surface area contributed by atoms with Crippen LogP contribution in [-0.4, -0.2) is 9.38 Å². The van der Waals surface area contributed by atoms with E-state index in [1.165, 1.54) is 11.3 Å². The highest BCUT2D eigenvalue weighted by molar-refractivity contribution is 7.15. The van der Waals surface area contributed by atoms with Gasteiger partial charge in [0.15, 0.2) is 4.96 Å². The number of nitrogens with zero attached hydrogens (tertiary/aromatic N) is 2. The second-order valence-electron chi connectivity index (χ2n) is 2.49. The number of aryl methyl sites for hydroxylation is 1. The van der Waals surface area contributed by atoms with E-state index in [-0.39, 0.29) is 5.56 Å². The van der Waals surface area contributed by atoms with Gasteiger partial charge in [-0.1, -0.05) is 6.92 Å². The van der Waals surface area contributed by atoms with Crippen LogP contribution in [0.15, 0.2) is 22.4 Å². The Balaban J connectivity index is 2.84. The summed E-state index contributed by atoms with van der Waals surface area (Å²) >= 11 is 1.48. The highest BCUT2D eigenvalue weighted by Gasteiger charge is 2.00. The highest BCUT2D eigenvalue weighted by Crippen LogP contribution is 2.06. The Bertz CT molecular complexity index is 457. The number of thiazole rings is 1. The van der Waals surface area contributed by atoms with Crippen LogP contribution >= 0.6 is 11.3 Å². The number of fused-ring (bicyclic) bond motifs is 1. The number of aromatic nitrogens is 2. The first-order valence-corrected chi connectivity index (χ1v) is 4.65. The Kier molecular flexibility index (Phi) is 1.69. The van der Waals surface area contributed by atoms with Gasteiger partial charge in [0, 0.05) is 23.3 Å². The lowest BCUT2D eigenvalue weighted by atomic mass is 10.3. The van der Waals surface area contributed by atoms with E-state index in [9.17, 15) is 4.79 Å². The maximum Gasteiger partial charge on any atom is 0.258 e. The summed E-state index contributed by atoms with van der Waals surface area (Å²) in [5.74, 6) is 0. The molecule has 62 valence electrons. The molecule has 0 unspecified atom stereocenters. The number of hydrogen-bond donors (Lipinski definition) is 0. The van der Waals surface area contributed by atoms with Gasteiger partial charge < -0.3 is 0 Å². The monoisotopic (exact) mass is 180 g/mol. The molecule has 4 heteroatoms. The first-order valence-electron chi connectivity index (χ1n) is 3.77. The maximum absolute atomic E-state index is 11.3. The highest BCUT2D eigenvalue weighted by atomic mass is 32.1. The zero-order chi connectivity index (χ0) is 8.55. The van der Waals surface area contributed by atoms with E-state index in [1.807, 2.05) is 12.3 Å². The summed E-state index contributed by atoms with van der Waals surface area (Å²) in [5.41, 5.74) is 0.876. The van der Waals surface area contributed by atoms with E-state index in [2.05, 4.69) is 4.98 Å². The Hall–Kier alpha value is -1.16. The molecule has 0 saturated carbocycles. The van der Waals surface area contributed by atoms with Crippen LogP contribution in [0.1, 0.15) is 12.6 Å². The molecule has 0 N–H and O–H groups in total. The predicted molar refractivity (Wildman–Crippen MR) is 48.7 cm³/mol. The van der Waals surface area contributed by atoms with Crippen LogP contribution in [0.4, 0.5) is 0 Å². The van der Waals surface area contributed by atoms with Crippen LogP contribution in [0.2, 0.25) is 0 Å². The SMILES string of the molecule is CCc1cc(=O)n2ccsc2n1. The average Bonchev–Trinajstić information content (AvgIpc) is 2.52. The molecular weight excluding hydrogens is 172 g/mol. The molecule has 3 nitrogen and oxygen atoms in total. The lowest BCUT2D eigenvalue weighted by Crippen LogP contribution is -2.12. The lowest BCUT2D eigenvalue weighted by Gasteiger charge is -1.94. The molecule has 0 bridgehead atoms. The Labute approximate surface area is 73.3 Å². The molecule has 0 amide bonds. The summed E-state index contributed by atoms with van der Waals surface area (Å²) in [5, 5.41) is 1.86. The zero-order valence-electron chi connectivity index (χ0n) is 6.65. The van der Waals surface area contributed by atoms with Crippen molar-refractivity contribution in [2.24, 2.45) is 0 Å². The van der Waals surface area contributed by atoms with Gasteiger partial charge in [0.25, 0.3) is 5.56 Å². The van der Waals surface area contributed by atoms with Crippen LogP contribution in [0.25, 0.3) is 4.96 Å². The van der Waals surface area contributed by atoms with E-state index >= 15 is 0 Å². The molecule has 2 aromatic heterocycles. The number of rotatable bonds is 1. The standard InChI is InChI=1S/C8H8N2OS/c1-2-6-5-7(11)10-3-4-12-8(10)9-6/h3-5H,2H2,1H3. The second kappa shape index (κ2) is 2.71. The average molecular weight is 180 g/mol. The quantitative estimate of drug-likeness (QED) is 0.663. The van der Waals surface area contributed by atoms with Crippen molar-refractivity contribution in [1.82, 2.24) is 9.38 Å². The Morgan fingerprint density at radius 3 is 3.25 bits per heavy atom. The van der Waals surface area contributed by atoms with E-state index in [1.54, 1.807) is 16.7 Å². The molecule has 0 spiro atoms. The molecule has 0 radical (unpaired) electrons. The molecule has 0 aliphatic rings. The maximum atomic E-state index is 11.3. The van der Waals surface area contributed by atoms with Crippen molar-refractivity contribution in [1.29, 1.82) is 0 Å². The van der Waals surface area contributed by atoms with E-state index in [0.29, 0.717) is 0 Å². The first kappa shape index (κ1) is 7.49. The van der Waals surface area contributed by atoms with Crippen molar-refractivity contribution in [3.8, 4) is 0 Å². The van der Waals surface area contributed by atoms with E-state index < -0.39 is 0 Å². The third-order valence-corrected chi connectivity index (χ3v) is 2.48. The fourth-order valence-electron chi connectivity index (χ4n) is 1.07. The van der Waals surface area contributed by atoms with Gasteiger partial charge in [0.05, 0.1) is 0 Å². The minimum atomic E-state index is 0.0121. The molecule has 0 atom stereocenters. The molecule has 0 aromatic carbocycles. The van der Waals surface area contributed by atoms with Crippen LogP contribution in [0, 0.1) is 0 Å². The van der Waals surface area contributed by atoms with Gasteiger partial charge in [-0.15, -0.1) is 11.3 Å². The van der Waals surface area contributed by atoms with Gasteiger partial charge in [-0.25, -0.2) is 4.98 Å². The van der Waals surface area contributed by atoms with Crippen LogP contribution in [0.5, 0.6) is 0 Å². The Morgan fingerprint density at radius 1 is 1.67 bits per heavy atom. The van der Waals surface area contributed by atoms with E-state index in [4.69, 9.17) is 0 Å². The van der Waals surface area contributed by atoms with E-state index in [0.717, 1.165) is 17.1 Å². The molecule has 0 fully saturated rings. The second-order valence-corrected chi connectivity index (χ2v) is 3.37. The van der Waals surface area contributed by atoms with Gasteiger partial charge in [0.1, 0.15) is 0 Å². The topological polar surface area (TPSA) is 34.4 Å². The fraction of sp³-hybridized carbons (Fsp3) is 0.250. The van der Waals surface area contributed by atoms with Crippen LogP contribution < -0.4 is 5.56 Å². The zero-order valence-corrected chi connectivity index (χ0v) is 7.47. The molecule has 0 aliphatic carbocycles. The Morgan fingerprint density at radius 2 is 2.50 bits per heavy atom. The van der Waals surface area contributed by atoms with Crippen molar-refractivity contribution >= 4 is 16.3 Å². The van der Waals surface area contributed by atoms with Gasteiger partial charge >= 0.3 is 0 Å². The smallest absolute Gasteiger partial charge is 0.258 e. The molecule has 0 aliphatic heterocycles. The predicted octanol–water partition coefficient (Wildman–Crippen LogP) is 1.32. The summed E-state index contributed by atoms with van der Waals surface area (Å²) in [6, 6.07) is 1.58. The summed E-state index contributed by atoms with van der Waals surface area (Å²) in [6.07, 6.45) is 2.55. The van der Waals surface area contributed by atoms with Crippen molar-refractivity contribution < 1.29 is 0 Å². The lowest BCUT2D eigenvalue weighted by molar-refractivity contribution is 0.983. The molecular formula is C8H8N2OS.